The molecular weight excluding hydrogens is 321 g/mol. The van der Waals surface area contributed by atoms with Crippen LogP contribution in [0.2, 0.25) is 0 Å². The molecule has 0 spiro atoms. The zero-order chi connectivity index (χ0) is 16.9. The van der Waals surface area contributed by atoms with E-state index in [4.69, 9.17) is 5.14 Å². The third-order valence-corrected chi connectivity index (χ3v) is 3.96. The van der Waals surface area contributed by atoms with Crippen molar-refractivity contribution in [3.05, 3.63) is 59.9 Å². The van der Waals surface area contributed by atoms with E-state index in [-0.39, 0.29) is 4.90 Å². The molecule has 8 heteroatoms. The van der Waals surface area contributed by atoms with Crippen LogP contribution in [0.15, 0.2) is 53.4 Å². The van der Waals surface area contributed by atoms with Gasteiger partial charge in [-0.15, -0.1) is 0 Å². The minimum absolute atomic E-state index is 0.0399. The minimum atomic E-state index is -3.70. The second-order valence-corrected chi connectivity index (χ2v) is 6.39. The van der Waals surface area contributed by atoms with E-state index in [0.717, 1.165) is 5.56 Å². The third kappa shape index (κ3) is 5.35. The topological polar surface area (TPSA) is 101 Å². The Hall–Kier alpha value is -2.45. The molecule has 2 aromatic rings. The third-order valence-electron chi connectivity index (χ3n) is 3.03. The molecule has 0 aliphatic rings. The Morgan fingerprint density at radius 1 is 1.13 bits per heavy atom. The highest BCUT2D eigenvalue weighted by Gasteiger charge is 2.07. The normalized spacial score (nSPS) is 11.0. The van der Waals surface area contributed by atoms with Crippen molar-refractivity contribution >= 4 is 21.7 Å². The minimum Gasteiger partial charge on any atom is -0.338 e. The molecule has 0 aromatic heterocycles. The number of hydrogen-bond donors (Lipinski definition) is 3. The number of amides is 2. The van der Waals surface area contributed by atoms with Crippen LogP contribution in [0.3, 0.4) is 0 Å². The molecular formula is C15H16FN3O3S. The number of sulfonamides is 1. The van der Waals surface area contributed by atoms with E-state index in [1.165, 1.54) is 30.3 Å². The van der Waals surface area contributed by atoms with Gasteiger partial charge in [0.2, 0.25) is 10.0 Å². The van der Waals surface area contributed by atoms with Gasteiger partial charge in [-0.25, -0.2) is 22.7 Å². The van der Waals surface area contributed by atoms with Gasteiger partial charge in [-0.05, 0) is 42.3 Å². The van der Waals surface area contributed by atoms with Gasteiger partial charge in [0.05, 0.1) is 4.90 Å². The van der Waals surface area contributed by atoms with E-state index in [2.05, 4.69) is 10.6 Å². The van der Waals surface area contributed by atoms with Crippen molar-refractivity contribution in [3.8, 4) is 0 Å². The molecule has 2 rings (SSSR count). The number of rotatable bonds is 5. The molecule has 4 N–H and O–H groups in total. The van der Waals surface area contributed by atoms with Crippen molar-refractivity contribution in [2.75, 3.05) is 11.9 Å². The molecule has 122 valence electrons. The lowest BCUT2D eigenvalue weighted by Crippen LogP contribution is -2.30. The number of primary sulfonamides is 1. The van der Waals surface area contributed by atoms with Gasteiger partial charge in [0, 0.05) is 12.2 Å². The zero-order valence-corrected chi connectivity index (χ0v) is 12.9. The Balaban J connectivity index is 1.81. The SMILES string of the molecule is NS(=O)(=O)c1ccc(CCNC(=O)Nc2cccc(F)c2)cc1. The van der Waals surface area contributed by atoms with Crippen molar-refractivity contribution in [1.29, 1.82) is 0 Å². The average Bonchev–Trinajstić information content (AvgIpc) is 2.47. The number of benzene rings is 2. The first-order chi connectivity index (χ1) is 10.8. The summed E-state index contributed by atoms with van der Waals surface area (Å²) in [5, 5.41) is 10.2. The van der Waals surface area contributed by atoms with E-state index in [1.807, 2.05) is 0 Å². The summed E-state index contributed by atoms with van der Waals surface area (Å²) in [6.07, 6.45) is 0.515. The van der Waals surface area contributed by atoms with Gasteiger partial charge in [-0.3, -0.25) is 0 Å². The number of carbonyl (C=O) groups is 1. The van der Waals surface area contributed by atoms with Crippen molar-refractivity contribution in [2.24, 2.45) is 5.14 Å². The van der Waals surface area contributed by atoms with E-state index in [9.17, 15) is 17.6 Å². The summed E-state index contributed by atoms with van der Waals surface area (Å²) in [5.74, 6) is -0.433. The van der Waals surface area contributed by atoms with Gasteiger partial charge in [-0.1, -0.05) is 18.2 Å². The summed E-state index contributed by atoms with van der Waals surface area (Å²) in [6.45, 7) is 0.343. The first-order valence-corrected chi connectivity index (χ1v) is 8.31. The number of hydrogen-bond acceptors (Lipinski definition) is 3. The van der Waals surface area contributed by atoms with Crippen LogP contribution < -0.4 is 15.8 Å². The molecule has 0 heterocycles. The van der Waals surface area contributed by atoms with E-state index >= 15 is 0 Å². The molecule has 6 nitrogen and oxygen atoms in total. The molecule has 2 amide bonds. The smallest absolute Gasteiger partial charge is 0.319 e. The van der Waals surface area contributed by atoms with E-state index < -0.39 is 21.9 Å². The van der Waals surface area contributed by atoms with Crippen molar-refractivity contribution in [3.63, 3.8) is 0 Å². The van der Waals surface area contributed by atoms with E-state index in [1.54, 1.807) is 18.2 Å². The number of anilines is 1. The molecule has 0 saturated heterocycles. The quantitative estimate of drug-likeness (QED) is 0.776. The van der Waals surface area contributed by atoms with Crippen LogP contribution in [-0.4, -0.2) is 21.0 Å². The first kappa shape index (κ1) is 16.9. The fourth-order valence-electron chi connectivity index (χ4n) is 1.91. The molecule has 0 aliphatic heterocycles. The largest absolute Gasteiger partial charge is 0.338 e. The summed E-state index contributed by atoms with van der Waals surface area (Å²) < 4.78 is 35.2. The molecule has 0 bridgehead atoms. The average molecular weight is 337 g/mol. The Morgan fingerprint density at radius 3 is 2.43 bits per heavy atom. The lowest BCUT2D eigenvalue weighted by molar-refractivity contribution is 0.252. The van der Waals surface area contributed by atoms with E-state index in [0.29, 0.717) is 18.7 Å². The zero-order valence-electron chi connectivity index (χ0n) is 12.1. The second-order valence-electron chi connectivity index (χ2n) is 4.83. The maximum absolute atomic E-state index is 13.0. The molecule has 23 heavy (non-hydrogen) atoms. The van der Waals surface area contributed by atoms with Crippen LogP contribution in [-0.2, 0) is 16.4 Å². The van der Waals surface area contributed by atoms with Gasteiger partial charge in [0.1, 0.15) is 5.82 Å². The van der Waals surface area contributed by atoms with Crippen LogP contribution in [0.4, 0.5) is 14.9 Å². The van der Waals surface area contributed by atoms with Crippen LogP contribution in [0.1, 0.15) is 5.56 Å². The van der Waals surface area contributed by atoms with Gasteiger partial charge in [0.25, 0.3) is 0 Å². The second kappa shape index (κ2) is 7.21. The highest BCUT2D eigenvalue weighted by atomic mass is 32.2. The Labute approximate surface area is 133 Å². The standard InChI is InChI=1S/C15H16FN3O3S/c16-12-2-1-3-13(10-12)19-15(20)18-9-8-11-4-6-14(7-5-11)23(17,21)22/h1-7,10H,8-9H2,(H2,17,21,22)(H2,18,19,20). The maximum atomic E-state index is 13.0. The number of urea groups is 1. The Bertz CT molecular complexity index is 792. The predicted molar refractivity (Wildman–Crippen MR) is 84.9 cm³/mol. The van der Waals surface area contributed by atoms with Crippen LogP contribution >= 0.6 is 0 Å². The molecule has 0 fully saturated rings. The summed E-state index contributed by atoms with van der Waals surface area (Å²) in [7, 11) is -3.70. The van der Waals surface area contributed by atoms with Crippen LogP contribution in [0.5, 0.6) is 0 Å². The molecule has 0 atom stereocenters. The summed E-state index contributed by atoms with van der Waals surface area (Å²) in [5.41, 5.74) is 1.21. The monoisotopic (exact) mass is 337 g/mol. The molecule has 0 unspecified atom stereocenters. The first-order valence-electron chi connectivity index (χ1n) is 6.77. The van der Waals surface area contributed by atoms with Gasteiger partial charge >= 0.3 is 6.03 Å². The van der Waals surface area contributed by atoms with Gasteiger partial charge in [-0.2, -0.15) is 0 Å². The molecule has 0 radical (unpaired) electrons. The Morgan fingerprint density at radius 2 is 1.83 bits per heavy atom. The fraction of sp³-hybridized carbons (Fsp3) is 0.133. The number of nitrogens with one attached hydrogen (secondary N) is 2. The van der Waals surface area contributed by atoms with Crippen molar-refractivity contribution in [2.45, 2.75) is 11.3 Å². The molecule has 0 aliphatic carbocycles. The lowest BCUT2D eigenvalue weighted by Gasteiger charge is -2.08. The predicted octanol–water partition coefficient (Wildman–Crippen LogP) is 1.84. The summed E-state index contributed by atoms with van der Waals surface area (Å²) in [6, 6.07) is 11.2. The van der Waals surface area contributed by atoms with Crippen molar-refractivity contribution < 1.29 is 17.6 Å². The lowest BCUT2D eigenvalue weighted by atomic mass is 10.1. The Kier molecular flexibility index (Phi) is 5.30. The summed E-state index contributed by atoms with van der Waals surface area (Å²) in [4.78, 5) is 11.7. The number of halogens is 1. The number of nitrogens with two attached hydrogens (primary N) is 1. The fourth-order valence-corrected chi connectivity index (χ4v) is 2.42. The summed E-state index contributed by atoms with van der Waals surface area (Å²) >= 11 is 0. The molecule has 0 saturated carbocycles. The molecule has 2 aromatic carbocycles. The maximum Gasteiger partial charge on any atom is 0.319 e. The highest BCUT2D eigenvalue weighted by Crippen LogP contribution is 2.10. The van der Waals surface area contributed by atoms with Crippen molar-refractivity contribution in [1.82, 2.24) is 5.32 Å². The van der Waals surface area contributed by atoms with Gasteiger partial charge in [0.15, 0.2) is 0 Å². The van der Waals surface area contributed by atoms with Crippen LogP contribution in [0, 0.1) is 5.82 Å². The number of carbonyl (C=O) groups excluding carboxylic acids is 1. The highest BCUT2D eigenvalue weighted by molar-refractivity contribution is 7.89. The van der Waals surface area contributed by atoms with Gasteiger partial charge < -0.3 is 10.6 Å². The van der Waals surface area contributed by atoms with Crippen LogP contribution in [0.25, 0.3) is 0 Å².